The number of nitrogens with one attached hydrogen (secondary N) is 1. The van der Waals surface area contributed by atoms with E-state index in [1.165, 1.54) is 32.4 Å². The maximum absolute atomic E-state index is 4.43. The molecular formula is C12H15Br2N3. The van der Waals surface area contributed by atoms with Crippen molar-refractivity contribution in [1.82, 2.24) is 9.88 Å². The molecule has 2 aliphatic heterocycles. The predicted octanol–water partition coefficient (Wildman–Crippen LogP) is 3.26. The summed E-state index contributed by atoms with van der Waals surface area (Å²) in [6.07, 6.45) is 5.74. The number of fused-ring (bicyclic) bond motifs is 1. The highest BCUT2D eigenvalue weighted by Gasteiger charge is 2.37. The molecule has 5 heteroatoms. The quantitative estimate of drug-likeness (QED) is 0.877. The number of halogens is 2. The lowest BCUT2D eigenvalue weighted by Crippen LogP contribution is -2.34. The highest BCUT2D eigenvalue weighted by molar-refractivity contribution is 9.11. The van der Waals surface area contributed by atoms with Gasteiger partial charge in [0.05, 0.1) is 4.47 Å². The second kappa shape index (κ2) is 4.86. The highest BCUT2D eigenvalue weighted by atomic mass is 79.9. The SMILES string of the molecule is Brc1cnc(NC2CCN3CCCC23)c(Br)c1. The van der Waals surface area contributed by atoms with Gasteiger partial charge in [0.1, 0.15) is 5.82 Å². The molecule has 0 spiro atoms. The van der Waals surface area contributed by atoms with E-state index in [0.717, 1.165) is 14.8 Å². The summed E-state index contributed by atoms with van der Waals surface area (Å²) in [6, 6.07) is 3.31. The number of pyridine rings is 1. The van der Waals surface area contributed by atoms with Crippen LogP contribution < -0.4 is 5.32 Å². The molecule has 2 saturated heterocycles. The van der Waals surface area contributed by atoms with Gasteiger partial charge in [-0.15, -0.1) is 0 Å². The summed E-state index contributed by atoms with van der Waals surface area (Å²) in [5.74, 6) is 0.965. The van der Waals surface area contributed by atoms with E-state index in [-0.39, 0.29) is 0 Å². The van der Waals surface area contributed by atoms with Gasteiger partial charge < -0.3 is 5.32 Å². The molecule has 0 aliphatic carbocycles. The van der Waals surface area contributed by atoms with Crippen molar-refractivity contribution in [3.8, 4) is 0 Å². The molecule has 2 aliphatic rings. The Bertz CT molecular complexity index is 424. The lowest BCUT2D eigenvalue weighted by molar-refractivity contribution is 0.318. The first kappa shape index (κ1) is 11.9. The molecule has 0 bridgehead atoms. The Morgan fingerprint density at radius 3 is 3.00 bits per heavy atom. The van der Waals surface area contributed by atoms with Gasteiger partial charge in [0, 0.05) is 29.3 Å². The molecule has 0 amide bonds. The molecule has 1 N–H and O–H groups in total. The monoisotopic (exact) mass is 359 g/mol. The van der Waals surface area contributed by atoms with Crippen molar-refractivity contribution in [2.75, 3.05) is 18.4 Å². The first-order valence-electron chi connectivity index (χ1n) is 6.05. The molecule has 0 radical (unpaired) electrons. The van der Waals surface area contributed by atoms with Crippen LogP contribution in [0.4, 0.5) is 5.82 Å². The number of anilines is 1. The molecule has 3 rings (SSSR count). The van der Waals surface area contributed by atoms with Crippen molar-refractivity contribution in [3.63, 3.8) is 0 Å². The van der Waals surface area contributed by atoms with Crippen molar-refractivity contribution in [2.24, 2.45) is 0 Å². The van der Waals surface area contributed by atoms with E-state index < -0.39 is 0 Å². The smallest absolute Gasteiger partial charge is 0.140 e. The average molecular weight is 361 g/mol. The molecule has 17 heavy (non-hydrogen) atoms. The molecule has 2 atom stereocenters. The van der Waals surface area contributed by atoms with Gasteiger partial charge in [0.15, 0.2) is 0 Å². The van der Waals surface area contributed by atoms with Gasteiger partial charge in [-0.25, -0.2) is 4.98 Å². The minimum Gasteiger partial charge on any atom is -0.365 e. The maximum Gasteiger partial charge on any atom is 0.140 e. The zero-order valence-corrected chi connectivity index (χ0v) is 12.7. The largest absolute Gasteiger partial charge is 0.365 e. The number of rotatable bonds is 2. The normalized spacial score (nSPS) is 28.4. The summed E-state index contributed by atoms with van der Waals surface area (Å²) in [7, 11) is 0. The summed E-state index contributed by atoms with van der Waals surface area (Å²) in [5.41, 5.74) is 0. The fourth-order valence-electron chi connectivity index (χ4n) is 2.95. The van der Waals surface area contributed by atoms with Crippen LogP contribution in [0.1, 0.15) is 19.3 Å². The van der Waals surface area contributed by atoms with E-state index in [4.69, 9.17) is 0 Å². The summed E-state index contributed by atoms with van der Waals surface area (Å²) in [6.45, 7) is 2.51. The number of hydrogen-bond donors (Lipinski definition) is 1. The van der Waals surface area contributed by atoms with Crippen molar-refractivity contribution in [3.05, 3.63) is 21.2 Å². The maximum atomic E-state index is 4.43. The van der Waals surface area contributed by atoms with Crippen LogP contribution in [-0.4, -0.2) is 35.1 Å². The topological polar surface area (TPSA) is 28.2 Å². The van der Waals surface area contributed by atoms with Gasteiger partial charge >= 0.3 is 0 Å². The summed E-state index contributed by atoms with van der Waals surface area (Å²) in [5, 5.41) is 3.59. The highest BCUT2D eigenvalue weighted by Crippen LogP contribution is 2.32. The number of aromatic nitrogens is 1. The Morgan fingerprint density at radius 1 is 1.29 bits per heavy atom. The van der Waals surface area contributed by atoms with E-state index in [0.29, 0.717) is 12.1 Å². The fourth-order valence-corrected chi connectivity index (χ4v) is 4.05. The molecular weight excluding hydrogens is 346 g/mol. The van der Waals surface area contributed by atoms with Gasteiger partial charge in [0.25, 0.3) is 0 Å². The van der Waals surface area contributed by atoms with Crippen molar-refractivity contribution < 1.29 is 0 Å². The van der Waals surface area contributed by atoms with E-state index >= 15 is 0 Å². The van der Waals surface area contributed by atoms with E-state index in [9.17, 15) is 0 Å². The molecule has 2 unspecified atom stereocenters. The number of hydrogen-bond acceptors (Lipinski definition) is 3. The van der Waals surface area contributed by atoms with Crippen molar-refractivity contribution in [1.29, 1.82) is 0 Å². The molecule has 0 saturated carbocycles. The third-order valence-corrected chi connectivity index (χ3v) is 4.77. The van der Waals surface area contributed by atoms with Gasteiger partial charge in [-0.05, 0) is 63.7 Å². The van der Waals surface area contributed by atoms with Gasteiger partial charge in [-0.3, -0.25) is 4.90 Å². The zero-order chi connectivity index (χ0) is 11.8. The van der Waals surface area contributed by atoms with Crippen LogP contribution >= 0.6 is 31.9 Å². The van der Waals surface area contributed by atoms with Crippen LogP contribution in [0.5, 0.6) is 0 Å². The Kier molecular flexibility index (Phi) is 3.41. The first-order valence-corrected chi connectivity index (χ1v) is 7.64. The Labute approximate surface area is 118 Å². The van der Waals surface area contributed by atoms with E-state index in [1.807, 2.05) is 12.3 Å². The molecule has 1 aromatic heterocycles. The summed E-state index contributed by atoms with van der Waals surface area (Å²) < 4.78 is 2.03. The summed E-state index contributed by atoms with van der Waals surface area (Å²) >= 11 is 6.98. The van der Waals surface area contributed by atoms with Crippen LogP contribution in [0.2, 0.25) is 0 Å². The fraction of sp³-hybridized carbons (Fsp3) is 0.583. The van der Waals surface area contributed by atoms with Crippen LogP contribution in [0, 0.1) is 0 Å². The molecule has 3 nitrogen and oxygen atoms in total. The lowest BCUT2D eigenvalue weighted by atomic mass is 10.1. The van der Waals surface area contributed by atoms with Gasteiger partial charge in [0.2, 0.25) is 0 Å². The van der Waals surface area contributed by atoms with Crippen LogP contribution in [0.25, 0.3) is 0 Å². The number of nitrogens with zero attached hydrogens (tertiary/aromatic N) is 2. The standard InChI is InChI=1S/C12H15Br2N3/c13-8-6-9(14)12(15-7-8)16-10-3-5-17-4-1-2-11(10)17/h6-7,10-11H,1-5H2,(H,15,16). The first-order chi connectivity index (χ1) is 8.24. The van der Waals surface area contributed by atoms with Crippen molar-refractivity contribution in [2.45, 2.75) is 31.3 Å². The lowest BCUT2D eigenvalue weighted by Gasteiger charge is -2.22. The summed E-state index contributed by atoms with van der Waals surface area (Å²) in [4.78, 5) is 7.03. The Morgan fingerprint density at radius 2 is 2.18 bits per heavy atom. The van der Waals surface area contributed by atoms with E-state index in [2.05, 4.69) is 47.1 Å². The second-order valence-corrected chi connectivity index (χ2v) is 6.54. The molecule has 2 fully saturated rings. The average Bonchev–Trinajstić information content (AvgIpc) is 2.86. The second-order valence-electron chi connectivity index (χ2n) is 4.77. The van der Waals surface area contributed by atoms with Crippen LogP contribution in [-0.2, 0) is 0 Å². The molecule has 3 heterocycles. The van der Waals surface area contributed by atoms with Crippen LogP contribution in [0.3, 0.4) is 0 Å². The predicted molar refractivity (Wildman–Crippen MR) is 76.3 cm³/mol. The molecule has 0 aromatic carbocycles. The zero-order valence-electron chi connectivity index (χ0n) is 9.50. The molecule has 1 aromatic rings. The van der Waals surface area contributed by atoms with Gasteiger partial charge in [-0.2, -0.15) is 0 Å². The van der Waals surface area contributed by atoms with E-state index in [1.54, 1.807) is 0 Å². The third-order valence-electron chi connectivity index (χ3n) is 3.74. The Balaban J connectivity index is 1.74. The van der Waals surface area contributed by atoms with Crippen molar-refractivity contribution >= 4 is 37.7 Å². The molecule has 92 valence electrons. The Hall–Kier alpha value is -0.130. The minimum absolute atomic E-state index is 0.558. The van der Waals surface area contributed by atoms with Crippen LogP contribution in [0.15, 0.2) is 21.2 Å². The van der Waals surface area contributed by atoms with Gasteiger partial charge in [-0.1, -0.05) is 0 Å². The minimum atomic E-state index is 0.558. The third kappa shape index (κ3) is 2.37.